The van der Waals surface area contributed by atoms with E-state index in [0.29, 0.717) is 18.8 Å². The van der Waals surface area contributed by atoms with Gasteiger partial charge in [0.15, 0.2) is 6.61 Å². The molecule has 4 N–H and O–H groups in total. The molecule has 0 radical (unpaired) electrons. The first-order valence-corrected chi connectivity index (χ1v) is 6.54. The number of aromatic nitrogens is 2. The number of aliphatic hydroxyl groups excluding tert-OH is 1. The molecule has 0 saturated heterocycles. The molecule has 0 atom stereocenters. The molecule has 1 aromatic heterocycles. The van der Waals surface area contributed by atoms with Gasteiger partial charge in [0.25, 0.3) is 5.91 Å². The zero-order valence-corrected chi connectivity index (χ0v) is 11.5. The molecule has 21 heavy (non-hydrogen) atoms. The monoisotopic (exact) mass is 290 g/mol. The first kappa shape index (κ1) is 14.9. The highest BCUT2D eigenvalue weighted by molar-refractivity contribution is 5.75. The fraction of sp³-hybridized carbons (Fsp3) is 0.286. The van der Waals surface area contributed by atoms with Crippen LogP contribution in [-0.2, 0) is 17.9 Å². The Morgan fingerprint density at radius 1 is 1.48 bits per heavy atom. The lowest BCUT2D eigenvalue weighted by atomic mass is 10.3. The summed E-state index contributed by atoms with van der Waals surface area (Å²) in [5.74, 6) is 0.0689. The van der Waals surface area contributed by atoms with E-state index >= 15 is 0 Å². The second kappa shape index (κ2) is 7.30. The van der Waals surface area contributed by atoms with Crippen molar-refractivity contribution in [2.75, 3.05) is 18.5 Å². The Morgan fingerprint density at radius 2 is 2.33 bits per heavy atom. The van der Waals surface area contributed by atoms with Crippen molar-refractivity contribution in [2.24, 2.45) is 5.73 Å². The van der Waals surface area contributed by atoms with Crippen molar-refractivity contribution in [2.45, 2.75) is 13.1 Å². The van der Waals surface area contributed by atoms with Gasteiger partial charge in [0.2, 0.25) is 0 Å². The first-order valence-electron chi connectivity index (χ1n) is 6.54. The molecule has 2 rings (SSSR count). The number of hydrogen-bond acceptors (Lipinski definition) is 5. The topological polar surface area (TPSA) is 102 Å². The molecule has 7 nitrogen and oxygen atoms in total. The number of nitrogens with zero attached hydrogens (tertiary/aromatic N) is 2. The molecule has 1 aromatic carbocycles. The highest BCUT2D eigenvalue weighted by Crippen LogP contribution is 2.17. The van der Waals surface area contributed by atoms with Gasteiger partial charge in [0, 0.05) is 30.1 Å². The van der Waals surface area contributed by atoms with Crippen LogP contribution < -0.4 is 15.8 Å². The van der Waals surface area contributed by atoms with E-state index in [4.69, 9.17) is 15.6 Å². The Labute approximate surface area is 122 Å². The molecule has 7 heteroatoms. The molecule has 0 aliphatic carbocycles. The van der Waals surface area contributed by atoms with Crippen LogP contribution in [0.3, 0.4) is 0 Å². The number of ether oxygens (including phenoxy) is 1. The van der Waals surface area contributed by atoms with E-state index in [9.17, 15) is 4.79 Å². The maximum atomic E-state index is 10.7. The molecule has 0 aliphatic heterocycles. The summed E-state index contributed by atoms with van der Waals surface area (Å²) in [4.78, 5) is 10.7. The molecule has 0 aliphatic rings. The van der Waals surface area contributed by atoms with Crippen LogP contribution >= 0.6 is 0 Å². The maximum Gasteiger partial charge on any atom is 0.255 e. The number of nitrogens with two attached hydrogens (primary N) is 1. The smallest absolute Gasteiger partial charge is 0.255 e. The summed E-state index contributed by atoms with van der Waals surface area (Å²) >= 11 is 0. The molecule has 0 fully saturated rings. The van der Waals surface area contributed by atoms with E-state index in [1.54, 1.807) is 23.0 Å². The largest absolute Gasteiger partial charge is 0.484 e. The predicted molar refractivity (Wildman–Crippen MR) is 77.8 cm³/mol. The molecule has 0 spiro atoms. The number of nitrogens with one attached hydrogen (secondary N) is 1. The third kappa shape index (κ3) is 4.81. The van der Waals surface area contributed by atoms with Crippen LogP contribution in [0.25, 0.3) is 0 Å². The summed E-state index contributed by atoms with van der Waals surface area (Å²) in [7, 11) is 0. The van der Waals surface area contributed by atoms with Crippen molar-refractivity contribution in [3.63, 3.8) is 0 Å². The fourth-order valence-electron chi connectivity index (χ4n) is 1.78. The van der Waals surface area contributed by atoms with Crippen molar-refractivity contribution >= 4 is 11.6 Å². The average molecular weight is 290 g/mol. The number of benzene rings is 1. The van der Waals surface area contributed by atoms with Crippen molar-refractivity contribution in [1.82, 2.24) is 9.78 Å². The van der Waals surface area contributed by atoms with Gasteiger partial charge in [-0.25, -0.2) is 0 Å². The van der Waals surface area contributed by atoms with Crippen LogP contribution in [0.5, 0.6) is 5.75 Å². The Morgan fingerprint density at radius 3 is 3.10 bits per heavy atom. The maximum absolute atomic E-state index is 10.7. The normalized spacial score (nSPS) is 10.3. The predicted octanol–water partition coefficient (Wildman–Crippen LogP) is 0.352. The number of aliphatic hydroxyl groups is 1. The van der Waals surface area contributed by atoms with Crippen LogP contribution in [0.1, 0.15) is 5.56 Å². The van der Waals surface area contributed by atoms with E-state index in [1.807, 2.05) is 18.3 Å². The van der Waals surface area contributed by atoms with Crippen molar-refractivity contribution < 1.29 is 14.6 Å². The molecule has 112 valence electrons. The van der Waals surface area contributed by atoms with E-state index in [2.05, 4.69) is 10.4 Å². The molecule has 2 aromatic rings. The van der Waals surface area contributed by atoms with Crippen LogP contribution in [0.4, 0.5) is 5.69 Å². The Hall–Kier alpha value is -2.54. The second-order valence-corrected chi connectivity index (χ2v) is 4.47. The van der Waals surface area contributed by atoms with Crippen LogP contribution in [0.2, 0.25) is 0 Å². The molecule has 0 bridgehead atoms. The number of carbonyl (C=O) groups excluding carboxylic acids is 1. The zero-order chi connectivity index (χ0) is 15.1. The number of rotatable bonds is 8. The average Bonchev–Trinajstić information content (AvgIpc) is 2.92. The van der Waals surface area contributed by atoms with Gasteiger partial charge in [-0.3, -0.25) is 9.48 Å². The van der Waals surface area contributed by atoms with E-state index < -0.39 is 5.91 Å². The quantitative estimate of drug-likeness (QED) is 0.651. The number of anilines is 1. The lowest BCUT2D eigenvalue weighted by molar-refractivity contribution is -0.119. The standard InChI is InChI=1S/C14H18N4O3/c15-14(20)10-21-13-3-1-2-12(6-13)16-7-11-8-17-18(9-11)4-5-19/h1-3,6,8-9,16,19H,4-5,7,10H2,(H2,15,20). The number of amides is 1. The third-order valence-corrected chi connectivity index (χ3v) is 2.73. The Bertz CT molecular complexity index is 597. The number of primary amides is 1. The molecular weight excluding hydrogens is 272 g/mol. The van der Waals surface area contributed by atoms with Gasteiger partial charge in [-0.15, -0.1) is 0 Å². The minimum atomic E-state index is -0.510. The number of hydrogen-bond donors (Lipinski definition) is 3. The third-order valence-electron chi connectivity index (χ3n) is 2.73. The van der Waals surface area contributed by atoms with Crippen molar-refractivity contribution in [3.05, 3.63) is 42.2 Å². The van der Waals surface area contributed by atoms with E-state index in [-0.39, 0.29) is 13.2 Å². The summed E-state index contributed by atoms with van der Waals surface area (Å²) in [6.45, 7) is 1.01. The van der Waals surface area contributed by atoms with Gasteiger partial charge in [0.1, 0.15) is 5.75 Å². The van der Waals surface area contributed by atoms with Gasteiger partial charge < -0.3 is 20.9 Å². The fourth-order valence-corrected chi connectivity index (χ4v) is 1.78. The minimum absolute atomic E-state index is 0.0633. The highest BCUT2D eigenvalue weighted by Gasteiger charge is 2.01. The van der Waals surface area contributed by atoms with Gasteiger partial charge in [-0.2, -0.15) is 5.10 Å². The lowest BCUT2D eigenvalue weighted by Crippen LogP contribution is -2.20. The molecular formula is C14H18N4O3. The van der Waals surface area contributed by atoms with Gasteiger partial charge in [-0.05, 0) is 12.1 Å². The van der Waals surface area contributed by atoms with Gasteiger partial charge in [0.05, 0.1) is 19.3 Å². The first-order chi connectivity index (χ1) is 10.2. The molecule has 1 heterocycles. The lowest BCUT2D eigenvalue weighted by Gasteiger charge is -2.08. The molecule has 0 saturated carbocycles. The molecule has 1 amide bonds. The summed E-state index contributed by atoms with van der Waals surface area (Å²) in [5, 5.41) is 16.2. The van der Waals surface area contributed by atoms with Crippen LogP contribution in [-0.4, -0.2) is 34.0 Å². The van der Waals surface area contributed by atoms with E-state index in [1.165, 1.54) is 0 Å². The minimum Gasteiger partial charge on any atom is -0.484 e. The Kier molecular flexibility index (Phi) is 5.16. The summed E-state index contributed by atoms with van der Waals surface area (Å²) in [5.41, 5.74) is 6.91. The molecule has 0 unspecified atom stereocenters. The van der Waals surface area contributed by atoms with E-state index in [0.717, 1.165) is 11.3 Å². The SMILES string of the molecule is NC(=O)COc1cccc(NCc2cnn(CCO)c2)c1. The van der Waals surface area contributed by atoms with Crippen LogP contribution in [0, 0.1) is 0 Å². The van der Waals surface area contributed by atoms with Crippen molar-refractivity contribution in [3.8, 4) is 5.75 Å². The highest BCUT2D eigenvalue weighted by atomic mass is 16.5. The second-order valence-electron chi connectivity index (χ2n) is 4.47. The van der Waals surface area contributed by atoms with Crippen LogP contribution in [0.15, 0.2) is 36.7 Å². The summed E-state index contributed by atoms with van der Waals surface area (Å²) in [6.07, 6.45) is 3.62. The van der Waals surface area contributed by atoms with Gasteiger partial charge >= 0.3 is 0 Å². The van der Waals surface area contributed by atoms with Crippen molar-refractivity contribution in [1.29, 1.82) is 0 Å². The summed E-state index contributed by atoms with van der Waals surface area (Å²) < 4.78 is 6.92. The zero-order valence-electron chi connectivity index (χ0n) is 11.5. The Balaban J connectivity index is 1.89. The summed E-state index contributed by atoms with van der Waals surface area (Å²) in [6, 6.07) is 7.28. The number of carbonyl (C=O) groups is 1. The van der Waals surface area contributed by atoms with Gasteiger partial charge in [-0.1, -0.05) is 6.07 Å².